The number of carbonyl (C=O) groups is 1. The second-order valence-electron chi connectivity index (χ2n) is 5.97. The highest BCUT2D eigenvalue weighted by molar-refractivity contribution is 5.91. The van der Waals surface area contributed by atoms with Gasteiger partial charge in [-0.2, -0.15) is 0 Å². The number of benzene rings is 1. The van der Waals surface area contributed by atoms with Gasteiger partial charge in [-0.05, 0) is 42.2 Å². The summed E-state index contributed by atoms with van der Waals surface area (Å²) in [5, 5.41) is 17.7. The number of carboxylic acids is 1. The average molecular weight is 322 g/mol. The molecule has 2 aromatic heterocycles. The van der Waals surface area contributed by atoms with Gasteiger partial charge >= 0.3 is 5.97 Å². The topological polar surface area (TPSA) is 79.3 Å². The molecule has 0 aliphatic heterocycles. The van der Waals surface area contributed by atoms with Crippen LogP contribution in [0.1, 0.15) is 41.4 Å². The van der Waals surface area contributed by atoms with Crippen LogP contribution in [0.5, 0.6) is 0 Å². The van der Waals surface area contributed by atoms with Gasteiger partial charge in [-0.25, -0.2) is 9.78 Å². The lowest BCUT2D eigenvalue weighted by Crippen LogP contribution is -1.96. The zero-order chi connectivity index (χ0) is 17.3. The normalized spacial score (nSPS) is 11.7. The van der Waals surface area contributed by atoms with Gasteiger partial charge in [-0.1, -0.05) is 32.0 Å². The van der Waals surface area contributed by atoms with E-state index in [1.54, 1.807) is 16.7 Å². The summed E-state index contributed by atoms with van der Waals surface area (Å²) in [6.45, 7) is 6.16. The molecule has 0 saturated heterocycles. The monoisotopic (exact) mass is 322 g/mol. The number of aryl methyl sites for hydroxylation is 1. The summed E-state index contributed by atoms with van der Waals surface area (Å²) < 4.78 is 1.64. The molecule has 2 heterocycles. The minimum atomic E-state index is -1.12. The van der Waals surface area contributed by atoms with Crippen LogP contribution in [-0.2, 0) is 0 Å². The number of nitrogens with zero attached hydrogens (tertiary/aromatic N) is 4. The molecule has 0 spiro atoms. The van der Waals surface area contributed by atoms with Crippen LogP contribution in [0.3, 0.4) is 0 Å². The molecule has 6 heteroatoms. The van der Waals surface area contributed by atoms with Crippen molar-refractivity contribution >= 4 is 23.1 Å². The predicted molar refractivity (Wildman–Crippen MR) is 91.6 cm³/mol. The molecule has 1 N–H and O–H groups in total. The number of aromatic nitrogens is 2. The van der Waals surface area contributed by atoms with Gasteiger partial charge in [0.05, 0.1) is 5.69 Å². The molecule has 6 nitrogen and oxygen atoms in total. The Bertz CT molecular complexity index is 924. The summed E-state index contributed by atoms with van der Waals surface area (Å²) in [6.07, 6.45) is 1.80. The van der Waals surface area contributed by atoms with E-state index in [9.17, 15) is 9.90 Å². The van der Waals surface area contributed by atoms with Gasteiger partial charge in [0, 0.05) is 6.20 Å². The second kappa shape index (κ2) is 6.23. The summed E-state index contributed by atoms with van der Waals surface area (Å²) in [5.41, 5.74) is 3.28. The van der Waals surface area contributed by atoms with Crippen molar-refractivity contribution in [2.24, 2.45) is 10.2 Å². The Morgan fingerprint density at radius 1 is 1.12 bits per heavy atom. The van der Waals surface area contributed by atoms with E-state index >= 15 is 0 Å². The van der Waals surface area contributed by atoms with Gasteiger partial charge in [0.15, 0.2) is 11.5 Å². The quantitative estimate of drug-likeness (QED) is 0.695. The van der Waals surface area contributed by atoms with Crippen LogP contribution >= 0.6 is 0 Å². The number of rotatable bonds is 4. The molecule has 1 aromatic carbocycles. The second-order valence-corrected chi connectivity index (χ2v) is 5.97. The molecule has 0 unspecified atom stereocenters. The molecule has 0 radical (unpaired) electrons. The molecule has 0 atom stereocenters. The van der Waals surface area contributed by atoms with Crippen molar-refractivity contribution in [3.63, 3.8) is 0 Å². The molecule has 24 heavy (non-hydrogen) atoms. The van der Waals surface area contributed by atoms with Crippen LogP contribution < -0.4 is 0 Å². The maximum absolute atomic E-state index is 11.4. The number of azo groups is 1. The maximum atomic E-state index is 11.4. The van der Waals surface area contributed by atoms with Gasteiger partial charge in [0.2, 0.25) is 0 Å². The number of carboxylic acid groups (broad SMARTS) is 1. The highest BCUT2D eigenvalue weighted by Gasteiger charge is 2.18. The summed E-state index contributed by atoms with van der Waals surface area (Å²) in [4.78, 5) is 15.5. The van der Waals surface area contributed by atoms with E-state index in [4.69, 9.17) is 0 Å². The molecule has 3 rings (SSSR count). The third kappa shape index (κ3) is 3.03. The first-order chi connectivity index (χ1) is 11.5. The lowest BCUT2D eigenvalue weighted by molar-refractivity contribution is 0.0692. The van der Waals surface area contributed by atoms with E-state index in [0.29, 0.717) is 17.3 Å². The minimum Gasteiger partial charge on any atom is -0.476 e. The SMILES string of the molecule is Cc1ccc2nc(C(=O)O)c(N=Nc3ccc(C(C)C)cc3)n2c1. The van der Waals surface area contributed by atoms with E-state index < -0.39 is 5.97 Å². The molecular weight excluding hydrogens is 304 g/mol. The first-order valence-electron chi connectivity index (χ1n) is 7.69. The Hall–Kier alpha value is -3.02. The molecule has 0 saturated carbocycles. The number of fused-ring (bicyclic) bond motifs is 1. The highest BCUT2D eigenvalue weighted by atomic mass is 16.4. The molecular formula is C18H18N4O2. The Kier molecular flexibility index (Phi) is 4.12. The van der Waals surface area contributed by atoms with Crippen LogP contribution in [0.15, 0.2) is 52.8 Å². The lowest BCUT2D eigenvalue weighted by Gasteiger charge is -2.04. The van der Waals surface area contributed by atoms with Crippen molar-refractivity contribution in [3.05, 3.63) is 59.4 Å². The summed E-state index contributed by atoms with van der Waals surface area (Å²) >= 11 is 0. The Labute approximate surface area is 139 Å². The van der Waals surface area contributed by atoms with Crippen molar-refractivity contribution in [2.45, 2.75) is 26.7 Å². The fourth-order valence-electron chi connectivity index (χ4n) is 2.41. The number of pyridine rings is 1. The molecule has 122 valence electrons. The fourth-order valence-corrected chi connectivity index (χ4v) is 2.41. The van der Waals surface area contributed by atoms with Gasteiger partial charge in [-0.3, -0.25) is 4.40 Å². The predicted octanol–water partition coefficient (Wildman–Crippen LogP) is 4.88. The van der Waals surface area contributed by atoms with Crippen LogP contribution in [0.2, 0.25) is 0 Å². The maximum Gasteiger partial charge on any atom is 0.358 e. The number of aromatic carboxylic acids is 1. The largest absolute Gasteiger partial charge is 0.476 e. The van der Waals surface area contributed by atoms with Crippen molar-refractivity contribution in [1.29, 1.82) is 0 Å². The van der Waals surface area contributed by atoms with Crippen molar-refractivity contribution < 1.29 is 9.90 Å². The van der Waals surface area contributed by atoms with E-state index in [1.165, 1.54) is 5.56 Å². The Morgan fingerprint density at radius 2 is 1.83 bits per heavy atom. The Balaban J connectivity index is 2.03. The number of hydrogen-bond donors (Lipinski definition) is 1. The van der Waals surface area contributed by atoms with E-state index in [1.807, 2.05) is 37.3 Å². The van der Waals surface area contributed by atoms with Crippen LogP contribution in [0.25, 0.3) is 5.65 Å². The highest BCUT2D eigenvalue weighted by Crippen LogP contribution is 2.25. The van der Waals surface area contributed by atoms with Gasteiger partial charge in [0.25, 0.3) is 0 Å². The molecule has 3 aromatic rings. The van der Waals surface area contributed by atoms with Crippen LogP contribution in [-0.4, -0.2) is 20.5 Å². The molecule has 0 bridgehead atoms. The van der Waals surface area contributed by atoms with E-state index in [0.717, 1.165) is 5.56 Å². The van der Waals surface area contributed by atoms with E-state index in [-0.39, 0.29) is 11.5 Å². The molecule has 0 fully saturated rings. The first kappa shape index (κ1) is 15.9. The summed E-state index contributed by atoms with van der Waals surface area (Å²) in [7, 11) is 0. The minimum absolute atomic E-state index is 0.108. The van der Waals surface area contributed by atoms with Crippen molar-refractivity contribution in [3.8, 4) is 0 Å². The number of imidazole rings is 1. The van der Waals surface area contributed by atoms with Crippen molar-refractivity contribution in [2.75, 3.05) is 0 Å². The smallest absolute Gasteiger partial charge is 0.358 e. The molecule has 0 amide bonds. The summed E-state index contributed by atoms with van der Waals surface area (Å²) in [6, 6.07) is 11.4. The third-order valence-electron chi connectivity index (χ3n) is 3.76. The van der Waals surface area contributed by atoms with Crippen LogP contribution in [0, 0.1) is 6.92 Å². The van der Waals surface area contributed by atoms with Gasteiger partial charge in [-0.15, -0.1) is 10.2 Å². The first-order valence-corrected chi connectivity index (χ1v) is 7.69. The Morgan fingerprint density at radius 3 is 2.46 bits per heavy atom. The average Bonchev–Trinajstić information content (AvgIpc) is 2.91. The van der Waals surface area contributed by atoms with E-state index in [2.05, 4.69) is 29.1 Å². The lowest BCUT2D eigenvalue weighted by atomic mass is 10.0. The molecule has 0 aliphatic carbocycles. The zero-order valence-electron chi connectivity index (χ0n) is 13.8. The summed E-state index contributed by atoms with van der Waals surface area (Å²) in [5.74, 6) is -0.467. The zero-order valence-corrected chi connectivity index (χ0v) is 13.8. The van der Waals surface area contributed by atoms with Crippen LogP contribution in [0.4, 0.5) is 11.5 Å². The van der Waals surface area contributed by atoms with Crippen molar-refractivity contribution in [1.82, 2.24) is 9.38 Å². The number of hydrogen-bond acceptors (Lipinski definition) is 4. The molecule has 0 aliphatic rings. The fraction of sp³-hybridized carbons (Fsp3) is 0.222. The van der Waals surface area contributed by atoms with Gasteiger partial charge < -0.3 is 5.11 Å². The third-order valence-corrected chi connectivity index (χ3v) is 3.76. The standard InChI is InChI=1S/C18H18N4O2/c1-11(2)13-5-7-14(8-6-13)20-21-17-16(18(23)24)19-15-9-4-12(3)10-22(15)17/h4-11H,1-3H3,(H,23,24). The van der Waals surface area contributed by atoms with Gasteiger partial charge in [0.1, 0.15) is 5.65 Å².